The predicted molar refractivity (Wildman–Crippen MR) is 77.3 cm³/mol. The van der Waals surface area contributed by atoms with E-state index in [4.69, 9.17) is 5.73 Å². The maximum Gasteiger partial charge on any atom is 0.266 e. The number of benzene rings is 2. The molecule has 3 N–H and O–H groups in total. The van der Waals surface area contributed by atoms with Gasteiger partial charge in [-0.1, -0.05) is 12.1 Å². The summed E-state index contributed by atoms with van der Waals surface area (Å²) in [4.78, 5) is 25.4. The molecule has 1 heterocycles. The van der Waals surface area contributed by atoms with Crippen molar-refractivity contribution in [1.82, 2.24) is 0 Å². The van der Waals surface area contributed by atoms with Crippen LogP contribution in [0.15, 0.2) is 42.5 Å². The van der Waals surface area contributed by atoms with E-state index in [1.807, 2.05) is 0 Å². The molecule has 2 aromatic rings. The Kier molecular flexibility index (Phi) is 3.38. The lowest BCUT2D eigenvalue weighted by molar-refractivity contribution is 0.0925. The van der Waals surface area contributed by atoms with E-state index in [0.29, 0.717) is 16.8 Å². The molecule has 2 aromatic carbocycles. The van der Waals surface area contributed by atoms with Crippen molar-refractivity contribution in [1.29, 1.82) is 0 Å². The number of phenolic OH excluding ortho intramolecular Hbond substituents is 1. The quantitative estimate of drug-likeness (QED) is 0.623. The monoisotopic (exact) mass is 290 g/mol. The number of halogens is 1. The zero-order valence-electron chi connectivity index (χ0n) is 10.2. The van der Waals surface area contributed by atoms with Crippen molar-refractivity contribution in [3.05, 3.63) is 53.6 Å². The summed E-state index contributed by atoms with van der Waals surface area (Å²) < 4.78 is 0. The molecule has 0 aromatic heterocycles. The number of hydrogen-bond donors (Lipinski definition) is 2. The molecule has 20 heavy (non-hydrogen) atoms. The Morgan fingerprint density at radius 3 is 2.00 bits per heavy atom. The summed E-state index contributed by atoms with van der Waals surface area (Å²) in [7, 11) is 0. The third-order valence-corrected chi connectivity index (χ3v) is 3.03. The number of phenols is 1. The molecule has 1 aliphatic heterocycles. The number of aromatic hydroxyl groups is 1. The smallest absolute Gasteiger partial charge is 0.266 e. The Hall–Kier alpha value is -2.53. The number of carbonyl (C=O) groups excluding carboxylic acids is 2. The molecule has 0 atom stereocenters. The number of nitrogens with zero attached hydrogens (tertiary/aromatic N) is 1. The Balaban J connectivity index is 0.00000147. The van der Waals surface area contributed by atoms with Gasteiger partial charge in [-0.2, -0.15) is 0 Å². The normalized spacial score (nSPS) is 13.1. The molecule has 0 saturated carbocycles. The van der Waals surface area contributed by atoms with Crippen LogP contribution in [0, 0.1) is 0 Å². The van der Waals surface area contributed by atoms with E-state index in [0.717, 1.165) is 4.90 Å². The van der Waals surface area contributed by atoms with Gasteiger partial charge in [0.1, 0.15) is 5.75 Å². The first-order chi connectivity index (χ1) is 9.09. The molecule has 0 spiro atoms. The number of nitrogens with two attached hydrogens (primary N) is 1. The van der Waals surface area contributed by atoms with Crippen LogP contribution in [0.5, 0.6) is 5.75 Å². The maximum atomic E-state index is 12.2. The van der Waals surface area contributed by atoms with Crippen molar-refractivity contribution in [2.24, 2.45) is 0 Å². The minimum Gasteiger partial charge on any atom is -0.506 e. The van der Waals surface area contributed by atoms with E-state index < -0.39 is 11.8 Å². The third kappa shape index (κ3) is 1.88. The molecule has 0 radical (unpaired) electrons. The van der Waals surface area contributed by atoms with Crippen LogP contribution in [0.2, 0.25) is 0 Å². The Bertz CT molecular complexity index is 680. The van der Waals surface area contributed by atoms with Gasteiger partial charge >= 0.3 is 0 Å². The number of carbonyl (C=O) groups is 2. The highest BCUT2D eigenvalue weighted by Gasteiger charge is 2.37. The topological polar surface area (TPSA) is 83.6 Å². The fourth-order valence-electron chi connectivity index (χ4n) is 2.14. The molecule has 6 heteroatoms. The summed E-state index contributed by atoms with van der Waals surface area (Å²) >= 11 is 0. The molecule has 5 nitrogen and oxygen atoms in total. The van der Waals surface area contributed by atoms with Crippen molar-refractivity contribution in [2.45, 2.75) is 0 Å². The molecule has 102 valence electrons. The molecule has 0 saturated heterocycles. The van der Waals surface area contributed by atoms with Crippen molar-refractivity contribution < 1.29 is 14.7 Å². The van der Waals surface area contributed by atoms with Gasteiger partial charge in [0, 0.05) is 11.8 Å². The molecule has 0 unspecified atom stereocenters. The number of imide groups is 1. The van der Waals surface area contributed by atoms with Gasteiger partial charge in [0.05, 0.1) is 16.8 Å². The van der Waals surface area contributed by atoms with E-state index in [1.165, 1.54) is 18.2 Å². The first-order valence-corrected chi connectivity index (χ1v) is 5.66. The lowest BCUT2D eigenvalue weighted by Crippen LogP contribution is -2.29. The van der Waals surface area contributed by atoms with Gasteiger partial charge in [-0.25, -0.2) is 4.90 Å². The third-order valence-electron chi connectivity index (χ3n) is 3.03. The number of hydrogen-bond acceptors (Lipinski definition) is 4. The second kappa shape index (κ2) is 4.86. The Morgan fingerprint density at radius 1 is 0.950 bits per heavy atom. The van der Waals surface area contributed by atoms with Crippen LogP contribution in [0.3, 0.4) is 0 Å². The first-order valence-electron chi connectivity index (χ1n) is 5.66. The number of anilines is 2. The second-order valence-electron chi connectivity index (χ2n) is 4.24. The van der Waals surface area contributed by atoms with Crippen LogP contribution in [-0.4, -0.2) is 16.9 Å². The molecule has 2 amide bonds. The van der Waals surface area contributed by atoms with E-state index >= 15 is 0 Å². The van der Waals surface area contributed by atoms with Crippen LogP contribution in [0.4, 0.5) is 11.4 Å². The summed E-state index contributed by atoms with van der Waals surface area (Å²) in [5.41, 5.74) is 6.70. The lowest BCUT2D eigenvalue weighted by Gasteiger charge is -2.15. The van der Waals surface area contributed by atoms with Crippen LogP contribution >= 0.6 is 12.4 Å². The van der Waals surface area contributed by atoms with Gasteiger partial charge in [0.15, 0.2) is 0 Å². The zero-order valence-corrected chi connectivity index (χ0v) is 11.1. The minimum absolute atomic E-state index is 0. The largest absolute Gasteiger partial charge is 0.506 e. The highest BCUT2D eigenvalue weighted by molar-refractivity contribution is 6.34. The van der Waals surface area contributed by atoms with Gasteiger partial charge in [0.2, 0.25) is 0 Å². The summed E-state index contributed by atoms with van der Waals surface area (Å²) in [6.07, 6.45) is 0. The van der Waals surface area contributed by atoms with Crippen molar-refractivity contribution in [3.8, 4) is 5.75 Å². The van der Waals surface area contributed by atoms with Crippen LogP contribution in [-0.2, 0) is 0 Å². The summed E-state index contributed by atoms with van der Waals surface area (Å²) in [5, 5.41) is 9.84. The van der Waals surface area contributed by atoms with E-state index in [9.17, 15) is 14.7 Å². The maximum absolute atomic E-state index is 12.2. The van der Waals surface area contributed by atoms with Gasteiger partial charge in [-0.15, -0.1) is 12.4 Å². The summed E-state index contributed by atoms with van der Waals surface area (Å²) in [6, 6.07) is 10.8. The highest BCUT2D eigenvalue weighted by Crippen LogP contribution is 2.35. The fourth-order valence-corrected chi connectivity index (χ4v) is 2.14. The van der Waals surface area contributed by atoms with Gasteiger partial charge in [-0.3, -0.25) is 9.59 Å². The molecule has 3 rings (SSSR count). The molecule has 1 aliphatic rings. The van der Waals surface area contributed by atoms with Gasteiger partial charge in [-0.05, 0) is 24.3 Å². The van der Waals surface area contributed by atoms with Crippen LogP contribution < -0.4 is 10.6 Å². The molecular weight excluding hydrogens is 280 g/mol. The standard InChI is InChI=1S/C14H10N2O3.ClH/c15-8-5-6-11(12(17)7-8)16-13(18)9-3-1-2-4-10(9)14(16)19;/h1-7,17H,15H2;1H. The Morgan fingerprint density at radius 2 is 1.50 bits per heavy atom. The van der Waals surface area contributed by atoms with Crippen molar-refractivity contribution in [2.75, 3.05) is 10.6 Å². The molecule has 0 bridgehead atoms. The lowest BCUT2D eigenvalue weighted by atomic mass is 10.1. The summed E-state index contributed by atoms with van der Waals surface area (Å²) in [5.74, 6) is -1.09. The van der Waals surface area contributed by atoms with Gasteiger partial charge < -0.3 is 10.8 Å². The second-order valence-corrected chi connectivity index (χ2v) is 4.24. The molecule has 0 fully saturated rings. The zero-order chi connectivity index (χ0) is 13.6. The fraction of sp³-hybridized carbons (Fsp3) is 0. The number of amides is 2. The van der Waals surface area contributed by atoms with E-state index in [2.05, 4.69) is 0 Å². The predicted octanol–water partition coefficient (Wildman–Crippen LogP) is 2.20. The summed E-state index contributed by atoms with van der Waals surface area (Å²) in [6.45, 7) is 0. The van der Waals surface area contributed by atoms with Gasteiger partial charge in [0.25, 0.3) is 11.8 Å². The average molecular weight is 291 g/mol. The number of fused-ring (bicyclic) bond motifs is 1. The van der Waals surface area contributed by atoms with E-state index in [-0.39, 0.29) is 23.8 Å². The molecule has 0 aliphatic carbocycles. The average Bonchev–Trinajstić information content (AvgIpc) is 2.64. The molecular formula is C14H11ClN2O3. The van der Waals surface area contributed by atoms with Crippen molar-refractivity contribution >= 4 is 35.6 Å². The van der Waals surface area contributed by atoms with Crippen LogP contribution in [0.25, 0.3) is 0 Å². The Labute approximate surface area is 121 Å². The number of rotatable bonds is 1. The van der Waals surface area contributed by atoms with E-state index in [1.54, 1.807) is 24.3 Å². The SMILES string of the molecule is Cl.Nc1ccc(N2C(=O)c3ccccc3C2=O)c(O)c1. The van der Waals surface area contributed by atoms with Crippen molar-refractivity contribution in [3.63, 3.8) is 0 Å². The minimum atomic E-state index is -0.444. The number of nitrogen functional groups attached to an aromatic ring is 1. The highest BCUT2D eigenvalue weighted by atomic mass is 35.5. The first kappa shape index (κ1) is 13.9. The van der Waals surface area contributed by atoms with Crippen LogP contribution in [0.1, 0.15) is 20.7 Å².